The first-order valence-electron chi connectivity index (χ1n) is 10.8. The number of pyridine rings is 1. The van der Waals surface area contributed by atoms with Crippen molar-refractivity contribution in [1.29, 1.82) is 0 Å². The SMILES string of the molecule is COC(=O)c1ccc(-c2nn(C(C)CCO[Si](C)(C)C(C)(C)C)c3cc(Cl)ncc23)n1C. The van der Waals surface area contributed by atoms with Gasteiger partial charge in [0.05, 0.1) is 24.4 Å². The van der Waals surface area contributed by atoms with Crippen molar-refractivity contribution in [2.24, 2.45) is 7.05 Å². The van der Waals surface area contributed by atoms with E-state index in [4.69, 9.17) is 25.9 Å². The molecule has 32 heavy (non-hydrogen) atoms. The molecule has 0 aliphatic heterocycles. The Kier molecular flexibility index (Phi) is 6.88. The predicted octanol–water partition coefficient (Wildman–Crippen LogP) is 5.85. The minimum absolute atomic E-state index is 0.0924. The highest BCUT2D eigenvalue weighted by Gasteiger charge is 2.37. The van der Waals surface area contributed by atoms with Crippen LogP contribution < -0.4 is 0 Å². The van der Waals surface area contributed by atoms with Crippen molar-refractivity contribution in [1.82, 2.24) is 19.3 Å². The van der Waals surface area contributed by atoms with E-state index in [-0.39, 0.29) is 17.0 Å². The second-order valence-corrected chi connectivity index (χ2v) is 14.9. The molecule has 0 saturated carbocycles. The van der Waals surface area contributed by atoms with E-state index < -0.39 is 8.32 Å². The molecule has 1 unspecified atom stereocenters. The van der Waals surface area contributed by atoms with Crippen molar-refractivity contribution >= 4 is 36.8 Å². The molecule has 3 aromatic rings. The van der Waals surface area contributed by atoms with Gasteiger partial charge in [0.1, 0.15) is 16.5 Å². The molecule has 0 bridgehead atoms. The summed E-state index contributed by atoms with van der Waals surface area (Å²) in [6.45, 7) is 14.1. The van der Waals surface area contributed by atoms with Gasteiger partial charge in [0.2, 0.25) is 0 Å². The van der Waals surface area contributed by atoms with Crippen LogP contribution in [0.25, 0.3) is 22.3 Å². The lowest BCUT2D eigenvalue weighted by Gasteiger charge is -2.36. The van der Waals surface area contributed by atoms with Crippen LogP contribution in [-0.4, -0.2) is 47.3 Å². The predicted molar refractivity (Wildman–Crippen MR) is 131 cm³/mol. The summed E-state index contributed by atoms with van der Waals surface area (Å²) in [5, 5.41) is 6.39. The van der Waals surface area contributed by atoms with Crippen molar-refractivity contribution in [2.45, 2.75) is 58.3 Å². The number of carbonyl (C=O) groups is 1. The van der Waals surface area contributed by atoms with Gasteiger partial charge in [-0.15, -0.1) is 0 Å². The number of esters is 1. The van der Waals surface area contributed by atoms with Crippen molar-refractivity contribution in [3.05, 3.63) is 35.2 Å². The van der Waals surface area contributed by atoms with E-state index in [1.807, 2.05) is 23.9 Å². The lowest BCUT2D eigenvalue weighted by Crippen LogP contribution is -2.41. The van der Waals surface area contributed by atoms with Crippen LogP contribution in [0.5, 0.6) is 0 Å². The molecule has 0 saturated heterocycles. The molecular formula is C23H33ClN4O3Si. The van der Waals surface area contributed by atoms with E-state index in [0.717, 1.165) is 28.7 Å². The Morgan fingerprint density at radius 2 is 1.97 bits per heavy atom. The fourth-order valence-corrected chi connectivity index (χ4v) is 4.63. The molecule has 0 aliphatic rings. The van der Waals surface area contributed by atoms with Gasteiger partial charge in [0, 0.05) is 31.3 Å². The highest BCUT2D eigenvalue weighted by Crippen LogP contribution is 2.37. The van der Waals surface area contributed by atoms with E-state index in [2.05, 4.69) is 45.8 Å². The number of methoxy groups -OCH3 is 1. The second-order valence-electron chi connectivity index (χ2n) is 9.72. The first-order valence-corrected chi connectivity index (χ1v) is 14.1. The third-order valence-electron chi connectivity index (χ3n) is 6.54. The Morgan fingerprint density at radius 3 is 2.59 bits per heavy atom. The monoisotopic (exact) mass is 476 g/mol. The molecule has 0 radical (unpaired) electrons. The van der Waals surface area contributed by atoms with Gasteiger partial charge in [-0.05, 0) is 43.6 Å². The molecule has 0 spiro atoms. The average Bonchev–Trinajstić information content (AvgIpc) is 3.26. The summed E-state index contributed by atoms with van der Waals surface area (Å²) >= 11 is 6.22. The Morgan fingerprint density at radius 1 is 1.28 bits per heavy atom. The zero-order valence-electron chi connectivity index (χ0n) is 20.2. The third-order valence-corrected chi connectivity index (χ3v) is 11.3. The summed E-state index contributed by atoms with van der Waals surface area (Å²) in [6.07, 6.45) is 2.56. The molecule has 3 heterocycles. The number of nitrogens with zero attached hydrogens (tertiary/aromatic N) is 4. The molecule has 0 aromatic carbocycles. The molecule has 1 atom stereocenters. The number of halogens is 1. The minimum Gasteiger partial charge on any atom is -0.464 e. The Hall–Kier alpha value is -2.16. The first kappa shape index (κ1) is 24.5. The summed E-state index contributed by atoms with van der Waals surface area (Å²) < 4.78 is 15.0. The van der Waals surface area contributed by atoms with Gasteiger partial charge in [-0.1, -0.05) is 32.4 Å². The fraction of sp³-hybridized carbons (Fsp3) is 0.522. The van der Waals surface area contributed by atoms with Crippen LogP contribution in [0.3, 0.4) is 0 Å². The van der Waals surface area contributed by atoms with E-state index in [1.165, 1.54) is 7.11 Å². The number of hydrogen-bond donors (Lipinski definition) is 0. The molecule has 0 N–H and O–H groups in total. The number of fused-ring (bicyclic) bond motifs is 1. The molecule has 3 rings (SSSR count). The summed E-state index contributed by atoms with van der Waals surface area (Å²) in [5.41, 5.74) is 2.92. The zero-order chi connectivity index (χ0) is 23.8. The van der Waals surface area contributed by atoms with Crippen molar-refractivity contribution in [3.63, 3.8) is 0 Å². The second kappa shape index (κ2) is 9.00. The maximum atomic E-state index is 12.1. The van der Waals surface area contributed by atoms with Crippen LogP contribution in [0, 0.1) is 0 Å². The maximum Gasteiger partial charge on any atom is 0.354 e. The smallest absolute Gasteiger partial charge is 0.354 e. The van der Waals surface area contributed by atoms with E-state index >= 15 is 0 Å². The van der Waals surface area contributed by atoms with Crippen LogP contribution in [0.2, 0.25) is 23.3 Å². The highest BCUT2D eigenvalue weighted by atomic mass is 35.5. The van der Waals surface area contributed by atoms with Crippen LogP contribution in [0.4, 0.5) is 0 Å². The molecule has 0 fully saturated rings. The van der Waals surface area contributed by atoms with Gasteiger partial charge in [0.25, 0.3) is 0 Å². The summed E-state index contributed by atoms with van der Waals surface area (Å²) in [5.74, 6) is -0.389. The van der Waals surface area contributed by atoms with Crippen molar-refractivity contribution in [2.75, 3.05) is 13.7 Å². The number of carbonyl (C=O) groups excluding carboxylic acids is 1. The Labute approximate surface area is 195 Å². The maximum absolute atomic E-state index is 12.1. The largest absolute Gasteiger partial charge is 0.464 e. The molecule has 3 aromatic heterocycles. The quantitative estimate of drug-likeness (QED) is 0.243. The van der Waals surface area contributed by atoms with E-state index in [0.29, 0.717) is 17.5 Å². The lowest BCUT2D eigenvalue weighted by atomic mass is 10.2. The fourth-order valence-electron chi connectivity index (χ4n) is 3.41. The molecule has 9 heteroatoms. The summed E-state index contributed by atoms with van der Waals surface area (Å²) in [4.78, 5) is 16.3. The zero-order valence-corrected chi connectivity index (χ0v) is 21.9. The molecule has 0 amide bonds. The standard InChI is InChI=1S/C23H33ClN4O3Si/c1-15(11-12-31-32(7,8)23(2,3)4)28-19-13-20(24)25-14-16(19)21(26-28)17-9-10-18(27(17)5)22(29)30-6/h9-10,13-15H,11-12H2,1-8H3. The van der Waals surface area contributed by atoms with Gasteiger partial charge < -0.3 is 13.7 Å². The van der Waals surface area contributed by atoms with Gasteiger partial charge in [-0.2, -0.15) is 5.10 Å². The number of aromatic nitrogens is 4. The van der Waals surface area contributed by atoms with Crippen LogP contribution >= 0.6 is 11.6 Å². The summed E-state index contributed by atoms with van der Waals surface area (Å²) in [7, 11) is 1.39. The summed E-state index contributed by atoms with van der Waals surface area (Å²) in [6, 6.07) is 5.54. The topological polar surface area (TPSA) is 71.2 Å². The number of hydrogen-bond acceptors (Lipinski definition) is 5. The Bertz CT molecular complexity index is 1130. The molecule has 0 aliphatic carbocycles. The van der Waals surface area contributed by atoms with E-state index in [1.54, 1.807) is 16.8 Å². The van der Waals surface area contributed by atoms with Gasteiger partial charge in [-0.3, -0.25) is 4.68 Å². The molecular weight excluding hydrogens is 444 g/mol. The van der Waals surface area contributed by atoms with Gasteiger partial charge in [0.15, 0.2) is 8.32 Å². The van der Waals surface area contributed by atoms with Gasteiger partial charge in [-0.25, -0.2) is 9.78 Å². The minimum atomic E-state index is -1.81. The average molecular weight is 477 g/mol. The lowest BCUT2D eigenvalue weighted by molar-refractivity contribution is 0.0590. The van der Waals surface area contributed by atoms with E-state index in [9.17, 15) is 4.79 Å². The van der Waals surface area contributed by atoms with Crippen molar-refractivity contribution < 1.29 is 14.0 Å². The third kappa shape index (κ3) is 4.63. The van der Waals surface area contributed by atoms with Crippen LogP contribution in [0.1, 0.15) is 50.6 Å². The normalized spacial score (nSPS) is 13.5. The molecule has 7 nitrogen and oxygen atoms in total. The Balaban J connectivity index is 1.95. The molecule has 174 valence electrons. The number of rotatable bonds is 7. The van der Waals surface area contributed by atoms with Crippen LogP contribution in [-0.2, 0) is 16.2 Å². The number of ether oxygens (including phenoxy) is 1. The highest BCUT2D eigenvalue weighted by molar-refractivity contribution is 6.74. The van der Waals surface area contributed by atoms with Crippen LogP contribution in [0.15, 0.2) is 24.4 Å². The van der Waals surface area contributed by atoms with Crippen molar-refractivity contribution in [3.8, 4) is 11.4 Å². The van der Waals surface area contributed by atoms with Gasteiger partial charge >= 0.3 is 5.97 Å². The first-order chi connectivity index (χ1) is 14.9.